The summed E-state index contributed by atoms with van der Waals surface area (Å²) in [4.78, 5) is 20.5. The van der Waals surface area contributed by atoms with Crippen molar-refractivity contribution < 1.29 is 13.7 Å². The molecule has 0 aliphatic carbocycles. The second kappa shape index (κ2) is 7.63. The molecule has 25 heavy (non-hydrogen) atoms. The Hall–Kier alpha value is -2.44. The fourth-order valence-corrected chi connectivity index (χ4v) is 2.88. The molecule has 0 atom stereocenters. The number of hydrogen-bond acceptors (Lipinski definition) is 5. The molecule has 7 heteroatoms. The van der Waals surface area contributed by atoms with Gasteiger partial charge in [0, 0.05) is 44.9 Å². The zero-order valence-electron chi connectivity index (χ0n) is 14.6. The van der Waals surface area contributed by atoms with E-state index in [0.717, 1.165) is 0 Å². The number of hydrogen-bond donors (Lipinski definition) is 0. The molecule has 1 aromatic carbocycles. The summed E-state index contributed by atoms with van der Waals surface area (Å²) in [5.41, 5.74) is 0.599. The second-order valence-electron chi connectivity index (χ2n) is 6.52. The maximum atomic E-state index is 13.9. The van der Waals surface area contributed by atoms with Crippen molar-refractivity contribution in [1.82, 2.24) is 15.0 Å². The first kappa shape index (κ1) is 17.4. The molecule has 0 saturated carbocycles. The van der Waals surface area contributed by atoms with Gasteiger partial charge in [-0.15, -0.1) is 0 Å². The van der Waals surface area contributed by atoms with Crippen molar-refractivity contribution in [2.75, 3.05) is 31.1 Å². The van der Waals surface area contributed by atoms with Gasteiger partial charge in [-0.25, -0.2) is 4.39 Å². The van der Waals surface area contributed by atoms with Crippen LogP contribution >= 0.6 is 0 Å². The molecule has 1 aromatic heterocycles. The number of halogens is 1. The minimum absolute atomic E-state index is 0.0671. The minimum Gasteiger partial charge on any atom is -0.366 e. The van der Waals surface area contributed by atoms with Crippen molar-refractivity contribution in [2.24, 2.45) is 0 Å². The smallest absolute Gasteiger partial charge is 0.227 e. The Morgan fingerprint density at radius 1 is 1.24 bits per heavy atom. The fourth-order valence-electron chi connectivity index (χ4n) is 2.88. The molecule has 1 fully saturated rings. The largest absolute Gasteiger partial charge is 0.366 e. The number of aromatic nitrogens is 2. The maximum Gasteiger partial charge on any atom is 0.227 e. The van der Waals surface area contributed by atoms with Crippen molar-refractivity contribution >= 4 is 11.6 Å². The van der Waals surface area contributed by atoms with E-state index in [1.165, 1.54) is 6.07 Å². The van der Waals surface area contributed by atoms with Crippen LogP contribution in [0.25, 0.3) is 0 Å². The molecule has 1 aliphatic heterocycles. The third kappa shape index (κ3) is 4.15. The summed E-state index contributed by atoms with van der Waals surface area (Å²) in [7, 11) is 0. The van der Waals surface area contributed by atoms with Gasteiger partial charge < -0.3 is 14.3 Å². The highest BCUT2D eigenvalue weighted by molar-refractivity contribution is 5.76. The molecule has 1 saturated heterocycles. The van der Waals surface area contributed by atoms with Gasteiger partial charge in [0.05, 0.1) is 5.69 Å². The van der Waals surface area contributed by atoms with E-state index < -0.39 is 0 Å². The van der Waals surface area contributed by atoms with Crippen LogP contribution in [0.3, 0.4) is 0 Å². The number of carbonyl (C=O) groups excluding carboxylic acids is 1. The molecule has 0 bridgehead atoms. The summed E-state index contributed by atoms with van der Waals surface area (Å²) in [6.45, 7) is 6.43. The third-order valence-corrected chi connectivity index (χ3v) is 4.38. The molecule has 6 nitrogen and oxygen atoms in total. The lowest BCUT2D eigenvalue weighted by Gasteiger charge is -2.36. The summed E-state index contributed by atoms with van der Waals surface area (Å²) in [5, 5.41) is 3.90. The standard InChI is InChI=1S/C18H23FN4O2/c1-13(2)18-20-16(25-21-18)7-8-17(24)23-11-9-22(10-12-23)15-6-4-3-5-14(15)19/h3-6,13H,7-12H2,1-2H3. The first-order chi connectivity index (χ1) is 12.0. The predicted octanol–water partition coefficient (Wildman–Crippen LogP) is 2.61. The van der Waals surface area contributed by atoms with Crippen LogP contribution in [0.5, 0.6) is 0 Å². The zero-order valence-corrected chi connectivity index (χ0v) is 14.6. The molecular formula is C18H23FN4O2. The third-order valence-electron chi connectivity index (χ3n) is 4.38. The number of rotatable bonds is 5. The summed E-state index contributed by atoms with van der Waals surface area (Å²) in [5.74, 6) is 1.22. The first-order valence-corrected chi connectivity index (χ1v) is 8.64. The van der Waals surface area contributed by atoms with Gasteiger partial charge in [-0.1, -0.05) is 31.1 Å². The Morgan fingerprint density at radius 2 is 1.96 bits per heavy atom. The van der Waals surface area contributed by atoms with Gasteiger partial charge in [-0.3, -0.25) is 4.79 Å². The molecule has 0 radical (unpaired) electrons. The van der Waals surface area contributed by atoms with Gasteiger partial charge in [-0.05, 0) is 12.1 Å². The van der Waals surface area contributed by atoms with Gasteiger partial charge in [-0.2, -0.15) is 4.98 Å². The van der Waals surface area contributed by atoms with E-state index >= 15 is 0 Å². The monoisotopic (exact) mass is 346 g/mol. The quantitative estimate of drug-likeness (QED) is 0.833. The highest BCUT2D eigenvalue weighted by atomic mass is 19.1. The highest BCUT2D eigenvalue weighted by Crippen LogP contribution is 2.20. The van der Waals surface area contributed by atoms with Crippen LogP contribution in [0.2, 0.25) is 0 Å². The average molecular weight is 346 g/mol. The van der Waals surface area contributed by atoms with Crippen LogP contribution in [-0.4, -0.2) is 47.1 Å². The molecule has 2 heterocycles. The molecule has 3 rings (SSSR count). The zero-order chi connectivity index (χ0) is 17.8. The summed E-state index contributed by atoms with van der Waals surface area (Å²) in [6.07, 6.45) is 0.797. The molecule has 1 aliphatic rings. The Bertz CT molecular complexity index is 723. The second-order valence-corrected chi connectivity index (χ2v) is 6.52. The molecule has 134 valence electrons. The lowest BCUT2D eigenvalue weighted by atomic mass is 10.2. The number of para-hydroxylation sites is 1. The van der Waals surface area contributed by atoms with Crippen molar-refractivity contribution in [3.8, 4) is 0 Å². The summed E-state index contributed by atoms with van der Waals surface area (Å²) in [6, 6.07) is 6.74. The Morgan fingerprint density at radius 3 is 2.60 bits per heavy atom. The van der Waals surface area contributed by atoms with E-state index in [2.05, 4.69) is 10.1 Å². The van der Waals surface area contributed by atoms with Crippen LogP contribution in [0.4, 0.5) is 10.1 Å². The van der Waals surface area contributed by atoms with Crippen LogP contribution in [0.1, 0.15) is 37.9 Å². The normalized spacial score (nSPS) is 15.0. The summed E-state index contributed by atoms with van der Waals surface area (Å²) >= 11 is 0. The minimum atomic E-state index is -0.223. The SMILES string of the molecule is CC(C)c1noc(CCC(=O)N2CCN(c3ccccc3F)CC2)n1. The number of anilines is 1. The van der Waals surface area contributed by atoms with Gasteiger partial charge in [0.1, 0.15) is 5.82 Å². The molecule has 0 N–H and O–H groups in total. The van der Waals surface area contributed by atoms with Crippen LogP contribution < -0.4 is 4.90 Å². The fraction of sp³-hybridized carbons (Fsp3) is 0.500. The summed E-state index contributed by atoms with van der Waals surface area (Å²) < 4.78 is 19.0. The molecule has 1 amide bonds. The molecule has 0 unspecified atom stereocenters. The molecule has 2 aromatic rings. The van der Waals surface area contributed by atoms with Gasteiger partial charge in [0.15, 0.2) is 5.82 Å². The lowest BCUT2D eigenvalue weighted by Crippen LogP contribution is -2.49. The van der Waals surface area contributed by atoms with Crippen molar-refractivity contribution in [3.63, 3.8) is 0 Å². The molecular weight excluding hydrogens is 323 g/mol. The number of aryl methyl sites for hydroxylation is 1. The number of benzene rings is 1. The Labute approximate surface area is 146 Å². The van der Waals surface area contributed by atoms with Crippen molar-refractivity contribution in [3.05, 3.63) is 41.8 Å². The van der Waals surface area contributed by atoms with Crippen LogP contribution in [0, 0.1) is 5.82 Å². The van der Waals surface area contributed by atoms with E-state index in [9.17, 15) is 9.18 Å². The lowest BCUT2D eigenvalue weighted by molar-refractivity contribution is -0.131. The van der Waals surface area contributed by atoms with E-state index in [1.54, 1.807) is 12.1 Å². The van der Waals surface area contributed by atoms with Crippen LogP contribution in [0.15, 0.2) is 28.8 Å². The van der Waals surface area contributed by atoms with E-state index in [4.69, 9.17) is 4.52 Å². The van der Waals surface area contributed by atoms with E-state index in [1.807, 2.05) is 29.7 Å². The van der Waals surface area contributed by atoms with Crippen LogP contribution in [-0.2, 0) is 11.2 Å². The predicted molar refractivity (Wildman–Crippen MR) is 91.9 cm³/mol. The van der Waals surface area contributed by atoms with Crippen molar-refractivity contribution in [1.29, 1.82) is 0 Å². The maximum absolute atomic E-state index is 13.9. The number of carbonyl (C=O) groups is 1. The molecule has 0 spiro atoms. The van der Waals surface area contributed by atoms with E-state index in [-0.39, 0.29) is 17.6 Å². The Balaban J connectivity index is 1.49. The Kier molecular flexibility index (Phi) is 5.31. The number of amides is 1. The first-order valence-electron chi connectivity index (χ1n) is 8.64. The topological polar surface area (TPSA) is 62.5 Å². The highest BCUT2D eigenvalue weighted by Gasteiger charge is 2.23. The van der Waals surface area contributed by atoms with Gasteiger partial charge >= 0.3 is 0 Å². The van der Waals surface area contributed by atoms with Gasteiger partial charge in [0.25, 0.3) is 0 Å². The number of nitrogens with zero attached hydrogens (tertiary/aromatic N) is 4. The van der Waals surface area contributed by atoms with Gasteiger partial charge in [0.2, 0.25) is 11.8 Å². The average Bonchev–Trinajstić information content (AvgIpc) is 3.10. The van der Waals surface area contributed by atoms with E-state index in [0.29, 0.717) is 56.4 Å². The van der Waals surface area contributed by atoms with Crippen molar-refractivity contribution in [2.45, 2.75) is 32.6 Å². The number of piperazine rings is 1.